The summed E-state index contributed by atoms with van der Waals surface area (Å²) in [6.07, 6.45) is 13.2. The summed E-state index contributed by atoms with van der Waals surface area (Å²) in [4.78, 5) is 13.3. The van der Waals surface area contributed by atoms with Crippen molar-refractivity contribution in [2.75, 3.05) is 6.61 Å². The Bertz CT molecular complexity index is 1810. The quantitative estimate of drug-likeness (QED) is 0.0944. The predicted octanol–water partition coefficient (Wildman–Crippen LogP) is 12.7. The summed E-state index contributed by atoms with van der Waals surface area (Å²) < 4.78 is 6.70. The third-order valence-corrected chi connectivity index (χ3v) is 12.9. The lowest BCUT2D eigenvalue weighted by atomic mass is 9.71. The molecular formula is C50H62O4. The normalized spacial score (nSPS) is 17.7. The number of hydrogen-bond acceptors (Lipinski definition) is 4. The molecule has 2 N–H and O–H groups in total. The first kappa shape index (κ1) is 39.4. The number of allylic oxidation sites excluding steroid dienone is 2. The molecule has 0 aromatic heterocycles. The number of rotatable bonds is 19. The number of carbonyl (C=O) groups excluding carboxylic acids is 1. The molecule has 4 nitrogen and oxygen atoms in total. The van der Waals surface area contributed by atoms with E-state index in [9.17, 15) is 15.0 Å². The van der Waals surface area contributed by atoms with Gasteiger partial charge in [-0.05, 0) is 133 Å². The zero-order valence-electron chi connectivity index (χ0n) is 33.2. The van der Waals surface area contributed by atoms with Crippen LogP contribution in [0.25, 0.3) is 0 Å². The van der Waals surface area contributed by atoms with E-state index in [1.54, 1.807) is 12.1 Å². The van der Waals surface area contributed by atoms with E-state index in [4.69, 9.17) is 4.74 Å². The number of carbonyl (C=O) groups is 1. The fraction of sp³-hybridized carbons (Fsp3) is 0.460. The van der Waals surface area contributed by atoms with Gasteiger partial charge in [-0.3, -0.25) is 4.79 Å². The van der Waals surface area contributed by atoms with Gasteiger partial charge in [-0.1, -0.05) is 113 Å². The number of benzene rings is 4. The smallest absolute Gasteiger partial charge is 0.133 e. The molecule has 2 aliphatic carbocycles. The number of Topliss-reactive ketones (excluding diaryl/α,β-unsaturated/α-hetero) is 1. The summed E-state index contributed by atoms with van der Waals surface area (Å²) in [5, 5.41) is 20.0. The fourth-order valence-electron chi connectivity index (χ4n) is 8.46. The van der Waals surface area contributed by atoms with Crippen LogP contribution in [0.2, 0.25) is 0 Å². The topological polar surface area (TPSA) is 66.8 Å². The third kappa shape index (κ3) is 9.67. The van der Waals surface area contributed by atoms with E-state index in [2.05, 4.69) is 88.4 Å². The molecule has 4 atom stereocenters. The Morgan fingerprint density at radius 2 is 1.17 bits per heavy atom. The average molecular weight is 727 g/mol. The standard InChI is InChI=1S/C50H62O4/c1-36(34-47(53)30-32-49(3,41-14-6-5-7-15-41)43-22-26-45(51)27-23-43)16-17-37(2)35-54-48(40-12-9-13-40)31-33-50(4,44-24-28-46(52)29-25-44)42-20-18-39(19-21-42)38-10-8-11-38/h5-7,14-15,18-29,36-38,51-52H,8-13,16-17,30-35H2,1-4H3. The largest absolute Gasteiger partial charge is 0.508 e. The highest BCUT2D eigenvalue weighted by Gasteiger charge is 2.32. The molecule has 4 heteroatoms. The van der Waals surface area contributed by atoms with Crippen molar-refractivity contribution in [3.8, 4) is 11.5 Å². The molecule has 0 saturated heterocycles. The highest BCUT2D eigenvalue weighted by Crippen LogP contribution is 2.43. The molecule has 0 bridgehead atoms. The highest BCUT2D eigenvalue weighted by atomic mass is 16.5. The molecule has 0 radical (unpaired) electrons. The van der Waals surface area contributed by atoms with Crippen LogP contribution in [0, 0.1) is 11.8 Å². The summed E-state index contributed by atoms with van der Waals surface area (Å²) in [7, 11) is 0. The van der Waals surface area contributed by atoms with E-state index in [1.165, 1.54) is 59.3 Å². The Hall–Kier alpha value is -4.31. The second-order valence-electron chi connectivity index (χ2n) is 17.1. The van der Waals surface area contributed by atoms with Crippen LogP contribution < -0.4 is 0 Å². The first-order valence-corrected chi connectivity index (χ1v) is 20.6. The van der Waals surface area contributed by atoms with E-state index in [0.29, 0.717) is 48.7 Å². The van der Waals surface area contributed by atoms with E-state index < -0.39 is 0 Å². The van der Waals surface area contributed by atoms with Crippen LogP contribution in [0.4, 0.5) is 0 Å². The molecule has 2 saturated carbocycles. The Morgan fingerprint density at radius 1 is 0.667 bits per heavy atom. The van der Waals surface area contributed by atoms with Gasteiger partial charge in [0.25, 0.3) is 0 Å². The Kier molecular flexibility index (Phi) is 13.0. The van der Waals surface area contributed by atoms with Gasteiger partial charge < -0.3 is 14.9 Å². The monoisotopic (exact) mass is 726 g/mol. The number of aromatic hydroxyl groups is 2. The van der Waals surface area contributed by atoms with Crippen LogP contribution >= 0.6 is 0 Å². The van der Waals surface area contributed by atoms with Gasteiger partial charge in [0.05, 0.1) is 12.4 Å². The van der Waals surface area contributed by atoms with Crippen molar-refractivity contribution in [1.29, 1.82) is 0 Å². The number of hydrogen-bond donors (Lipinski definition) is 2. The molecule has 54 heavy (non-hydrogen) atoms. The average Bonchev–Trinajstić information content (AvgIpc) is 3.13. The predicted molar refractivity (Wildman–Crippen MR) is 221 cm³/mol. The summed E-state index contributed by atoms with van der Waals surface area (Å²) in [5.74, 6) is 3.49. The van der Waals surface area contributed by atoms with Crippen molar-refractivity contribution in [3.63, 3.8) is 0 Å². The van der Waals surface area contributed by atoms with Crippen LogP contribution in [-0.2, 0) is 20.4 Å². The van der Waals surface area contributed by atoms with Gasteiger partial charge in [0.1, 0.15) is 17.3 Å². The van der Waals surface area contributed by atoms with E-state index in [1.807, 2.05) is 30.3 Å². The molecule has 2 fully saturated rings. The van der Waals surface area contributed by atoms with E-state index >= 15 is 0 Å². The number of phenols is 2. The maximum absolute atomic E-state index is 13.3. The summed E-state index contributed by atoms with van der Waals surface area (Å²) >= 11 is 0. The van der Waals surface area contributed by atoms with Crippen LogP contribution in [0.5, 0.6) is 11.5 Å². The molecule has 6 rings (SSSR count). The highest BCUT2D eigenvalue weighted by molar-refractivity contribution is 5.78. The van der Waals surface area contributed by atoms with Gasteiger partial charge in [0, 0.05) is 30.1 Å². The Balaban J connectivity index is 1.01. The van der Waals surface area contributed by atoms with Gasteiger partial charge in [0.2, 0.25) is 0 Å². The maximum atomic E-state index is 13.3. The number of ketones is 1. The van der Waals surface area contributed by atoms with Crippen molar-refractivity contribution in [2.45, 2.75) is 128 Å². The molecule has 0 heterocycles. The van der Waals surface area contributed by atoms with Crippen molar-refractivity contribution < 1.29 is 19.7 Å². The molecule has 0 spiro atoms. The van der Waals surface area contributed by atoms with Gasteiger partial charge in [-0.25, -0.2) is 0 Å². The Labute approximate surface area is 324 Å². The molecule has 286 valence electrons. The lowest BCUT2D eigenvalue weighted by Crippen LogP contribution is -2.25. The maximum Gasteiger partial charge on any atom is 0.133 e. The zero-order chi connectivity index (χ0) is 38.1. The second kappa shape index (κ2) is 17.9. The molecule has 4 aromatic carbocycles. The van der Waals surface area contributed by atoms with Crippen LogP contribution in [-0.4, -0.2) is 22.6 Å². The fourth-order valence-corrected chi connectivity index (χ4v) is 8.46. The third-order valence-electron chi connectivity index (χ3n) is 12.9. The van der Waals surface area contributed by atoms with Crippen molar-refractivity contribution in [3.05, 3.63) is 142 Å². The first-order chi connectivity index (χ1) is 26.0. The van der Waals surface area contributed by atoms with Crippen LogP contribution in [0.15, 0.2) is 114 Å². The van der Waals surface area contributed by atoms with E-state index in [-0.39, 0.29) is 16.6 Å². The van der Waals surface area contributed by atoms with Gasteiger partial charge in [-0.2, -0.15) is 0 Å². The molecular weight excluding hydrogens is 665 g/mol. The molecule has 2 aliphatic rings. The van der Waals surface area contributed by atoms with Crippen molar-refractivity contribution in [1.82, 2.24) is 0 Å². The minimum absolute atomic E-state index is 0.207. The van der Waals surface area contributed by atoms with Crippen molar-refractivity contribution in [2.24, 2.45) is 11.8 Å². The SMILES string of the molecule is CC(CCC(C)CC(=O)CCC(C)(c1ccccc1)c1ccc(O)cc1)COC(CCC(C)(c1ccc(O)cc1)c1ccc(C2CCC2)cc1)=C1CCC1. The van der Waals surface area contributed by atoms with Gasteiger partial charge in [0.15, 0.2) is 0 Å². The lowest BCUT2D eigenvalue weighted by molar-refractivity contribution is -0.120. The van der Waals surface area contributed by atoms with Gasteiger partial charge >= 0.3 is 0 Å². The first-order valence-electron chi connectivity index (χ1n) is 20.6. The minimum Gasteiger partial charge on any atom is -0.508 e. The summed E-state index contributed by atoms with van der Waals surface area (Å²) in [5.41, 5.74) is 7.25. The minimum atomic E-state index is -0.311. The molecule has 0 amide bonds. The summed E-state index contributed by atoms with van der Waals surface area (Å²) in [6.45, 7) is 9.76. The summed E-state index contributed by atoms with van der Waals surface area (Å²) in [6, 6.07) is 35.0. The molecule has 0 aliphatic heterocycles. The molecule has 4 unspecified atom stereocenters. The van der Waals surface area contributed by atoms with Crippen molar-refractivity contribution >= 4 is 5.78 Å². The van der Waals surface area contributed by atoms with Crippen LogP contribution in [0.1, 0.15) is 145 Å². The van der Waals surface area contributed by atoms with Gasteiger partial charge in [-0.15, -0.1) is 0 Å². The second-order valence-corrected chi connectivity index (χ2v) is 17.1. The Morgan fingerprint density at radius 3 is 1.67 bits per heavy atom. The zero-order valence-corrected chi connectivity index (χ0v) is 33.2. The van der Waals surface area contributed by atoms with E-state index in [0.717, 1.165) is 50.5 Å². The molecule has 4 aromatic rings. The number of ether oxygens (including phenoxy) is 1. The number of phenolic OH excluding ortho intramolecular Hbond substituents is 2. The lowest BCUT2D eigenvalue weighted by Gasteiger charge is -2.34. The van der Waals surface area contributed by atoms with Crippen LogP contribution in [0.3, 0.4) is 0 Å².